The van der Waals surface area contributed by atoms with Gasteiger partial charge in [-0.25, -0.2) is 0 Å². The van der Waals surface area contributed by atoms with Crippen molar-refractivity contribution in [3.8, 4) is 5.75 Å². The monoisotopic (exact) mass is 307 g/mol. The molecule has 0 spiro atoms. The van der Waals surface area contributed by atoms with Crippen LogP contribution >= 0.6 is 11.6 Å². The first-order chi connectivity index (χ1) is 10.1. The number of nitrogens with one attached hydrogen (secondary N) is 1. The molecule has 114 valence electrons. The highest BCUT2D eigenvalue weighted by Gasteiger charge is 2.04. The van der Waals surface area contributed by atoms with Crippen LogP contribution in [0.3, 0.4) is 0 Å². The van der Waals surface area contributed by atoms with E-state index in [2.05, 4.69) is 24.3 Å². The highest BCUT2D eigenvalue weighted by molar-refractivity contribution is 6.32. The van der Waals surface area contributed by atoms with Gasteiger partial charge in [-0.15, -0.1) is 0 Å². The summed E-state index contributed by atoms with van der Waals surface area (Å²) >= 11 is 6.26. The molecule has 4 nitrogen and oxygen atoms in total. The molecule has 0 fully saturated rings. The molecule has 0 aliphatic heterocycles. The molecule has 2 rings (SSSR count). The quantitative estimate of drug-likeness (QED) is 0.813. The van der Waals surface area contributed by atoms with E-state index in [9.17, 15) is 0 Å². The molecular formula is C16H22ClN3O. The van der Waals surface area contributed by atoms with Crippen molar-refractivity contribution in [1.29, 1.82) is 0 Å². The fourth-order valence-electron chi connectivity index (χ4n) is 1.96. The number of hydrogen-bond donors (Lipinski definition) is 1. The maximum Gasteiger partial charge on any atom is 0.138 e. The fraction of sp³-hybridized carbons (Fsp3) is 0.438. The molecule has 0 amide bonds. The molecule has 5 heteroatoms. The molecular weight excluding hydrogens is 286 g/mol. The van der Waals surface area contributed by atoms with Gasteiger partial charge in [0.1, 0.15) is 12.4 Å². The van der Waals surface area contributed by atoms with Gasteiger partial charge in [0.05, 0.1) is 11.6 Å². The fourth-order valence-corrected chi connectivity index (χ4v) is 2.22. The summed E-state index contributed by atoms with van der Waals surface area (Å²) in [4.78, 5) is 0. The first-order valence-electron chi connectivity index (χ1n) is 7.24. The molecule has 0 saturated carbocycles. The van der Waals surface area contributed by atoms with Crippen LogP contribution in [-0.4, -0.2) is 22.9 Å². The number of rotatable bonds is 8. The van der Waals surface area contributed by atoms with Crippen LogP contribution in [-0.2, 0) is 13.1 Å². The lowest BCUT2D eigenvalue weighted by Crippen LogP contribution is -2.18. The molecule has 0 aliphatic rings. The van der Waals surface area contributed by atoms with Crippen molar-refractivity contribution in [2.24, 2.45) is 5.92 Å². The first-order valence-corrected chi connectivity index (χ1v) is 7.62. The minimum absolute atomic E-state index is 0.548. The summed E-state index contributed by atoms with van der Waals surface area (Å²) in [6.45, 7) is 7.46. The molecule has 1 N–H and O–H groups in total. The Morgan fingerprint density at radius 3 is 2.90 bits per heavy atom. The van der Waals surface area contributed by atoms with Gasteiger partial charge in [-0.1, -0.05) is 31.5 Å². The second-order valence-corrected chi connectivity index (χ2v) is 5.81. The van der Waals surface area contributed by atoms with Crippen LogP contribution in [0, 0.1) is 5.92 Å². The minimum Gasteiger partial charge on any atom is -0.490 e. The van der Waals surface area contributed by atoms with Gasteiger partial charge in [0, 0.05) is 18.9 Å². The summed E-state index contributed by atoms with van der Waals surface area (Å²) in [5, 5.41) is 8.18. The predicted octanol–water partition coefficient (Wildman–Crippen LogP) is 3.36. The summed E-state index contributed by atoms with van der Waals surface area (Å²) in [6, 6.07) is 7.82. The Hall–Kier alpha value is -1.52. The van der Waals surface area contributed by atoms with Gasteiger partial charge < -0.3 is 10.1 Å². The van der Waals surface area contributed by atoms with Crippen molar-refractivity contribution in [2.45, 2.75) is 26.9 Å². The van der Waals surface area contributed by atoms with E-state index in [4.69, 9.17) is 16.3 Å². The molecule has 1 aromatic heterocycles. The van der Waals surface area contributed by atoms with Crippen molar-refractivity contribution in [2.75, 3.05) is 13.2 Å². The number of nitrogens with zero attached hydrogens (tertiary/aromatic N) is 2. The van der Waals surface area contributed by atoms with E-state index in [0.717, 1.165) is 18.8 Å². The van der Waals surface area contributed by atoms with Crippen LogP contribution in [0.15, 0.2) is 36.7 Å². The van der Waals surface area contributed by atoms with E-state index < -0.39 is 0 Å². The van der Waals surface area contributed by atoms with E-state index in [1.54, 1.807) is 6.20 Å². The van der Waals surface area contributed by atoms with Crippen molar-refractivity contribution >= 4 is 11.6 Å². The maximum atomic E-state index is 6.26. The minimum atomic E-state index is 0.548. The van der Waals surface area contributed by atoms with Crippen molar-refractivity contribution < 1.29 is 4.74 Å². The molecule has 21 heavy (non-hydrogen) atoms. The second kappa shape index (κ2) is 8.05. The Morgan fingerprint density at radius 2 is 2.24 bits per heavy atom. The molecule has 1 heterocycles. The number of hydrogen-bond acceptors (Lipinski definition) is 3. The third-order valence-corrected chi connectivity index (χ3v) is 3.31. The number of halogens is 1. The van der Waals surface area contributed by atoms with Gasteiger partial charge in [0.15, 0.2) is 0 Å². The van der Waals surface area contributed by atoms with Gasteiger partial charge in [-0.3, -0.25) is 4.68 Å². The Labute approximate surface area is 131 Å². The smallest absolute Gasteiger partial charge is 0.138 e. The molecule has 0 atom stereocenters. The lowest BCUT2D eigenvalue weighted by molar-refractivity contribution is 0.291. The second-order valence-electron chi connectivity index (χ2n) is 5.41. The van der Waals surface area contributed by atoms with Gasteiger partial charge in [0.2, 0.25) is 0 Å². The topological polar surface area (TPSA) is 39.1 Å². The summed E-state index contributed by atoms with van der Waals surface area (Å²) in [6.07, 6.45) is 3.67. The molecule has 0 saturated heterocycles. The standard InChI is InChI=1S/C16H22ClN3O/c1-13(2)11-18-12-14-4-5-16(15(17)10-14)21-9-8-20-7-3-6-19-20/h3-7,10,13,18H,8-9,11-12H2,1-2H3. The number of aromatic nitrogens is 2. The van der Waals surface area contributed by atoms with Gasteiger partial charge in [-0.2, -0.15) is 5.10 Å². The SMILES string of the molecule is CC(C)CNCc1ccc(OCCn2cccn2)c(Cl)c1. The van der Waals surface area contributed by atoms with E-state index in [-0.39, 0.29) is 0 Å². The third-order valence-electron chi connectivity index (χ3n) is 3.02. The van der Waals surface area contributed by atoms with E-state index >= 15 is 0 Å². The molecule has 2 aromatic rings. The average molecular weight is 308 g/mol. The summed E-state index contributed by atoms with van der Waals surface area (Å²) in [5.41, 5.74) is 1.17. The third kappa shape index (κ3) is 5.40. The number of benzene rings is 1. The summed E-state index contributed by atoms with van der Waals surface area (Å²) in [7, 11) is 0. The summed E-state index contributed by atoms with van der Waals surface area (Å²) < 4.78 is 7.53. The Balaban J connectivity index is 1.81. The normalized spacial score (nSPS) is 11.0. The summed E-state index contributed by atoms with van der Waals surface area (Å²) in [5.74, 6) is 1.36. The molecule has 0 aliphatic carbocycles. The van der Waals surface area contributed by atoms with Crippen LogP contribution in [0.5, 0.6) is 5.75 Å². The Bertz CT molecular complexity index is 540. The van der Waals surface area contributed by atoms with Crippen LogP contribution in [0.2, 0.25) is 5.02 Å². The Morgan fingerprint density at radius 1 is 1.38 bits per heavy atom. The lowest BCUT2D eigenvalue weighted by atomic mass is 10.2. The van der Waals surface area contributed by atoms with Crippen molar-refractivity contribution in [3.05, 3.63) is 47.2 Å². The van der Waals surface area contributed by atoms with Gasteiger partial charge in [-0.05, 0) is 36.2 Å². The van der Waals surface area contributed by atoms with E-state index in [1.807, 2.05) is 35.1 Å². The lowest BCUT2D eigenvalue weighted by Gasteiger charge is -2.11. The predicted molar refractivity (Wildman–Crippen MR) is 85.7 cm³/mol. The van der Waals surface area contributed by atoms with Crippen LogP contribution in [0.4, 0.5) is 0 Å². The zero-order valence-corrected chi connectivity index (χ0v) is 13.3. The van der Waals surface area contributed by atoms with Crippen LogP contribution < -0.4 is 10.1 Å². The molecule has 0 bridgehead atoms. The van der Waals surface area contributed by atoms with Crippen molar-refractivity contribution in [3.63, 3.8) is 0 Å². The first kappa shape index (κ1) is 15.9. The largest absolute Gasteiger partial charge is 0.490 e. The van der Waals surface area contributed by atoms with E-state index in [1.165, 1.54) is 5.56 Å². The van der Waals surface area contributed by atoms with Crippen LogP contribution in [0.25, 0.3) is 0 Å². The highest BCUT2D eigenvalue weighted by atomic mass is 35.5. The number of ether oxygens (including phenoxy) is 1. The van der Waals surface area contributed by atoms with Crippen LogP contribution in [0.1, 0.15) is 19.4 Å². The van der Waals surface area contributed by atoms with Gasteiger partial charge >= 0.3 is 0 Å². The zero-order chi connectivity index (χ0) is 15.1. The average Bonchev–Trinajstić information content (AvgIpc) is 2.94. The molecule has 1 aromatic carbocycles. The van der Waals surface area contributed by atoms with Gasteiger partial charge in [0.25, 0.3) is 0 Å². The Kier molecular flexibility index (Phi) is 6.08. The highest BCUT2D eigenvalue weighted by Crippen LogP contribution is 2.25. The maximum absolute atomic E-state index is 6.26. The molecule has 0 unspecified atom stereocenters. The molecule has 0 radical (unpaired) electrons. The zero-order valence-electron chi connectivity index (χ0n) is 12.6. The van der Waals surface area contributed by atoms with Crippen molar-refractivity contribution in [1.82, 2.24) is 15.1 Å². The van der Waals surface area contributed by atoms with E-state index in [0.29, 0.717) is 24.1 Å².